The molecule has 1 aromatic carbocycles. The molecule has 0 unspecified atom stereocenters. The van der Waals surface area contributed by atoms with Crippen LogP contribution < -0.4 is 16.0 Å². The Morgan fingerprint density at radius 3 is 2.68 bits per heavy atom. The van der Waals surface area contributed by atoms with Gasteiger partial charge in [-0.2, -0.15) is 10.1 Å². The highest BCUT2D eigenvalue weighted by atomic mass is 19.1. The van der Waals surface area contributed by atoms with Crippen molar-refractivity contribution in [2.45, 2.75) is 20.0 Å². The van der Waals surface area contributed by atoms with Crippen LogP contribution in [0.5, 0.6) is 0 Å². The van der Waals surface area contributed by atoms with Gasteiger partial charge in [-0.1, -0.05) is 6.07 Å². The molecule has 0 bridgehead atoms. The first kappa shape index (κ1) is 19.2. The lowest BCUT2D eigenvalue weighted by Crippen LogP contribution is -2.23. The molecule has 8 nitrogen and oxygen atoms in total. The summed E-state index contributed by atoms with van der Waals surface area (Å²) in [5.74, 6) is -0.699. The number of nitrogens with zero attached hydrogens (tertiary/aromatic N) is 4. The molecule has 2 aromatic heterocycles. The van der Waals surface area contributed by atoms with Crippen LogP contribution in [-0.2, 0) is 17.9 Å². The lowest BCUT2D eigenvalue weighted by atomic mass is 10.2. The zero-order valence-corrected chi connectivity index (χ0v) is 15.3. The molecule has 0 aliphatic heterocycles. The Labute approximate surface area is 160 Å². The van der Waals surface area contributed by atoms with E-state index in [2.05, 4.69) is 31.0 Å². The van der Waals surface area contributed by atoms with Gasteiger partial charge in [0.2, 0.25) is 11.9 Å². The molecule has 0 atom stereocenters. The van der Waals surface area contributed by atoms with Crippen molar-refractivity contribution in [3.8, 4) is 0 Å². The van der Waals surface area contributed by atoms with E-state index in [1.807, 2.05) is 0 Å². The minimum Gasteiger partial charge on any atom is -0.365 e. The van der Waals surface area contributed by atoms with Crippen LogP contribution in [0.25, 0.3) is 0 Å². The number of hydrogen-bond donors (Lipinski definition) is 3. The third-order valence-electron chi connectivity index (χ3n) is 3.94. The van der Waals surface area contributed by atoms with Gasteiger partial charge in [-0.05, 0) is 19.1 Å². The summed E-state index contributed by atoms with van der Waals surface area (Å²) in [5.41, 5.74) is 1.25. The number of benzene rings is 1. The van der Waals surface area contributed by atoms with Gasteiger partial charge in [-0.3, -0.25) is 9.48 Å². The highest BCUT2D eigenvalue weighted by molar-refractivity contribution is 5.75. The first-order valence-electron chi connectivity index (χ1n) is 8.46. The predicted octanol–water partition coefficient (Wildman–Crippen LogP) is 2.36. The number of likely N-dealkylation sites (N-methyl/N-ethyl adjacent to an activating group) is 1. The van der Waals surface area contributed by atoms with Gasteiger partial charge in [0.15, 0.2) is 0 Å². The molecule has 28 heavy (non-hydrogen) atoms. The zero-order chi connectivity index (χ0) is 20.1. The molecule has 146 valence electrons. The fraction of sp³-hybridized carbons (Fsp3) is 0.222. The number of carbonyl (C=O) groups is 1. The maximum absolute atomic E-state index is 13.8. The van der Waals surface area contributed by atoms with Crippen LogP contribution in [0.1, 0.15) is 11.1 Å². The first-order valence-corrected chi connectivity index (χ1v) is 8.46. The number of amides is 1. The van der Waals surface area contributed by atoms with Crippen LogP contribution in [0, 0.1) is 18.6 Å². The quantitative estimate of drug-likeness (QED) is 0.576. The summed E-state index contributed by atoms with van der Waals surface area (Å²) >= 11 is 0. The van der Waals surface area contributed by atoms with E-state index >= 15 is 0 Å². The van der Waals surface area contributed by atoms with Gasteiger partial charge in [0, 0.05) is 37.1 Å². The van der Waals surface area contributed by atoms with Crippen LogP contribution in [-0.4, -0.2) is 32.7 Å². The number of hydrogen-bond acceptors (Lipinski definition) is 6. The number of halogens is 2. The Bertz CT molecular complexity index is 970. The zero-order valence-electron chi connectivity index (χ0n) is 15.3. The Morgan fingerprint density at radius 1 is 1.21 bits per heavy atom. The number of rotatable bonds is 7. The Morgan fingerprint density at radius 2 is 1.96 bits per heavy atom. The summed E-state index contributed by atoms with van der Waals surface area (Å²) in [7, 11) is 1.55. The van der Waals surface area contributed by atoms with Crippen LogP contribution in [0.15, 0.2) is 36.8 Å². The van der Waals surface area contributed by atoms with Crippen LogP contribution in [0.2, 0.25) is 0 Å². The molecule has 1 amide bonds. The van der Waals surface area contributed by atoms with Crippen molar-refractivity contribution in [2.75, 3.05) is 17.7 Å². The third-order valence-corrected chi connectivity index (χ3v) is 3.94. The van der Waals surface area contributed by atoms with Crippen molar-refractivity contribution in [3.63, 3.8) is 0 Å². The number of aromatic nitrogens is 4. The minimum atomic E-state index is -0.624. The van der Waals surface area contributed by atoms with E-state index in [0.717, 1.165) is 5.56 Å². The summed E-state index contributed by atoms with van der Waals surface area (Å²) in [5, 5.41) is 12.5. The van der Waals surface area contributed by atoms with E-state index < -0.39 is 11.6 Å². The van der Waals surface area contributed by atoms with Crippen LogP contribution >= 0.6 is 0 Å². The number of aryl methyl sites for hydroxylation is 1. The van der Waals surface area contributed by atoms with Gasteiger partial charge in [-0.15, -0.1) is 0 Å². The summed E-state index contributed by atoms with van der Waals surface area (Å²) in [4.78, 5) is 19.9. The average Bonchev–Trinajstić information content (AvgIpc) is 3.10. The highest BCUT2D eigenvalue weighted by Gasteiger charge is 2.11. The molecule has 3 N–H and O–H groups in total. The van der Waals surface area contributed by atoms with Gasteiger partial charge in [0.05, 0.1) is 11.9 Å². The third kappa shape index (κ3) is 4.58. The lowest BCUT2D eigenvalue weighted by Gasteiger charge is -2.11. The lowest BCUT2D eigenvalue weighted by molar-refractivity contribution is -0.121. The standard InChI is InChI=1S/C18H19F2N7O/c1-11-6-23-18(25-12-7-24-27(9-12)10-16(28)21-2)26-17(11)22-8-13-14(19)4-3-5-15(13)20/h3-7,9H,8,10H2,1-2H3,(H,21,28)(H2,22,23,25,26). The minimum absolute atomic E-state index is 0.0557. The molecule has 0 radical (unpaired) electrons. The van der Waals surface area contributed by atoms with Crippen molar-refractivity contribution in [2.24, 2.45) is 0 Å². The van der Waals surface area contributed by atoms with Crippen molar-refractivity contribution in [3.05, 3.63) is 59.6 Å². The van der Waals surface area contributed by atoms with E-state index in [4.69, 9.17) is 0 Å². The second-order valence-electron chi connectivity index (χ2n) is 6.00. The second kappa shape index (κ2) is 8.42. The van der Waals surface area contributed by atoms with Crippen molar-refractivity contribution >= 4 is 23.4 Å². The van der Waals surface area contributed by atoms with Crippen LogP contribution in [0.4, 0.5) is 26.2 Å². The SMILES string of the molecule is CNC(=O)Cn1cc(Nc2ncc(C)c(NCc3c(F)cccc3F)n2)cn1. The molecule has 3 aromatic rings. The van der Waals surface area contributed by atoms with Gasteiger partial charge >= 0.3 is 0 Å². The Hall–Kier alpha value is -3.56. The molecule has 0 saturated heterocycles. The normalized spacial score (nSPS) is 10.6. The molecular weight excluding hydrogens is 368 g/mol. The number of nitrogens with one attached hydrogen (secondary N) is 3. The Kier molecular flexibility index (Phi) is 5.78. The molecule has 10 heteroatoms. The maximum atomic E-state index is 13.8. The second-order valence-corrected chi connectivity index (χ2v) is 6.00. The topological polar surface area (TPSA) is 96.8 Å². The van der Waals surface area contributed by atoms with Gasteiger partial charge in [0.1, 0.15) is 24.0 Å². The van der Waals surface area contributed by atoms with Crippen molar-refractivity contribution in [1.29, 1.82) is 0 Å². The molecule has 0 spiro atoms. The van der Waals surface area contributed by atoms with E-state index in [0.29, 0.717) is 11.5 Å². The molecule has 2 heterocycles. The highest BCUT2D eigenvalue weighted by Crippen LogP contribution is 2.19. The van der Waals surface area contributed by atoms with E-state index in [1.165, 1.54) is 29.1 Å². The molecule has 3 rings (SSSR count). The largest absolute Gasteiger partial charge is 0.365 e. The smallest absolute Gasteiger partial charge is 0.241 e. The van der Waals surface area contributed by atoms with Crippen molar-refractivity contribution < 1.29 is 13.6 Å². The summed E-state index contributed by atoms with van der Waals surface area (Å²) < 4.78 is 29.0. The fourth-order valence-electron chi connectivity index (χ4n) is 2.42. The van der Waals surface area contributed by atoms with E-state index in [1.54, 1.807) is 26.4 Å². The Balaban J connectivity index is 1.70. The summed E-state index contributed by atoms with van der Waals surface area (Å²) in [6.45, 7) is 1.82. The monoisotopic (exact) mass is 387 g/mol. The maximum Gasteiger partial charge on any atom is 0.241 e. The molecule has 0 aliphatic rings. The van der Waals surface area contributed by atoms with E-state index in [9.17, 15) is 13.6 Å². The first-order chi connectivity index (χ1) is 13.5. The molecule has 0 saturated carbocycles. The molecule has 0 aliphatic carbocycles. The summed E-state index contributed by atoms with van der Waals surface area (Å²) in [6, 6.07) is 3.73. The van der Waals surface area contributed by atoms with Crippen molar-refractivity contribution in [1.82, 2.24) is 25.1 Å². The number of carbonyl (C=O) groups excluding carboxylic acids is 1. The average molecular weight is 387 g/mol. The fourth-order valence-corrected chi connectivity index (χ4v) is 2.42. The van der Waals surface area contributed by atoms with Gasteiger partial charge in [-0.25, -0.2) is 13.8 Å². The van der Waals surface area contributed by atoms with Gasteiger partial charge in [0.25, 0.3) is 0 Å². The molecular formula is C18H19F2N7O. The molecule has 0 fully saturated rings. The van der Waals surface area contributed by atoms with Crippen LogP contribution in [0.3, 0.4) is 0 Å². The number of anilines is 3. The predicted molar refractivity (Wildman–Crippen MR) is 100 cm³/mol. The van der Waals surface area contributed by atoms with Gasteiger partial charge < -0.3 is 16.0 Å². The summed E-state index contributed by atoms with van der Waals surface area (Å²) in [6.07, 6.45) is 4.76. The van der Waals surface area contributed by atoms with E-state index in [-0.39, 0.29) is 30.5 Å².